The van der Waals surface area contributed by atoms with Crippen LogP contribution < -0.4 is 19.1 Å². The van der Waals surface area contributed by atoms with Crippen molar-refractivity contribution in [3.8, 4) is 17.2 Å². The van der Waals surface area contributed by atoms with Crippen LogP contribution in [0, 0.1) is 10.1 Å². The fraction of sp³-hybridized carbons (Fsp3) is 0.538. The molecule has 0 aliphatic carbocycles. The van der Waals surface area contributed by atoms with Gasteiger partial charge in [-0.15, -0.1) is 0 Å². The van der Waals surface area contributed by atoms with E-state index < -0.39 is 11.6 Å². The number of nitrogens with one attached hydrogen (secondary N) is 1. The SMILES string of the molecule is CCOP(=S)(NC(C)COC)Oc1cc2c(cc1[N+](=O)[O-])OCO2. The van der Waals surface area contributed by atoms with E-state index in [9.17, 15) is 10.1 Å². The molecule has 1 aliphatic heterocycles. The summed E-state index contributed by atoms with van der Waals surface area (Å²) >= 11 is 5.45. The topological polar surface area (TPSA) is 101 Å². The highest BCUT2D eigenvalue weighted by Gasteiger charge is 2.30. The van der Waals surface area contributed by atoms with E-state index in [1.54, 1.807) is 14.0 Å². The monoisotopic (exact) mass is 378 g/mol. The predicted molar refractivity (Wildman–Crippen MR) is 90.2 cm³/mol. The first kappa shape index (κ1) is 18.9. The minimum absolute atomic E-state index is 0.00130. The molecule has 134 valence electrons. The minimum atomic E-state index is -3.02. The third-order valence-electron chi connectivity index (χ3n) is 2.96. The van der Waals surface area contributed by atoms with Crippen LogP contribution >= 0.6 is 6.64 Å². The number of nitro benzene ring substituents is 1. The molecule has 2 rings (SSSR count). The van der Waals surface area contributed by atoms with Gasteiger partial charge in [-0.2, -0.15) is 0 Å². The number of fused-ring (bicyclic) bond motifs is 1. The van der Waals surface area contributed by atoms with Gasteiger partial charge in [-0.1, -0.05) is 0 Å². The molecule has 11 heteroatoms. The van der Waals surface area contributed by atoms with Crippen molar-refractivity contribution >= 4 is 24.1 Å². The van der Waals surface area contributed by atoms with Gasteiger partial charge in [0.15, 0.2) is 11.5 Å². The molecule has 0 fully saturated rings. The van der Waals surface area contributed by atoms with Gasteiger partial charge in [0.05, 0.1) is 24.2 Å². The van der Waals surface area contributed by atoms with E-state index >= 15 is 0 Å². The number of rotatable bonds is 9. The summed E-state index contributed by atoms with van der Waals surface area (Å²) in [7, 11) is 1.56. The molecule has 1 N–H and O–H groups in total. The summed E-state index contributed by atoms with van der Waals surface area (Å²) in [4.78, 5) is 10.7. The molecular formula is C13H19N2O7PS. The Balaban J connectivity index is 2.31. The van der Waals surface area contributed by atoms with Gasteiger partial charge in [-0.25, -0.2) is 5.09 Å². The largest absolute Gasteiger partial charge is 0.453 e. The number of methoxy groups -OCH3 is 1. The van der Waals surface area contributed by atoms with Crippen LogP contribution in [0.1, 0.15) is 13.8 Å². The number of ether oxygens (including phenoxy) is 3. The van der Waals surface area contributed by atoms with E-state index in [4.69, 9.17) is 35.1 Å². The van der Waals surface area contributed by atoms with Crippen LogP contribution in [-0.2, 0) is 21.1 Å². The zero-order valence-corrected chi connectivity index (χ0v) is 15.2. The van der Waals surface area contributed by atoms with E-state index in [-0.39, 0.29) is 24.3 Å². The molecule has 0 saturated carbocycles. The lowest BCUT2D eigenvalue weighted by molar-refractivity contribution is -0.385. The van der Waals surface area contributed by atoms with Crippen LogP contribution in [0.3, 0.4) is 0 Å². The summed E-state index contributed by atoms with van der Waals surface area (Å²) in [5, 5.41) is 14.4. The van der Waals surface area contributed by atoms with Gasteiger partial charge in [0.2, 0.25) is 12.5 Å². The molecule has 1 aromatic rings. The maximum absolute atomic E-state index is 11.3. The molecule has 24 heavy (non-hydrogen) atoms. The number of nitrogens with zero attached hydrogens (tertiary/aromatic N) is 1. The lowest BCUT2D eigenvalue weighted by Gasteiger charge is -2.26. The number of hydrogen-bond donors (Lipinski definition) is 1. The van der Waals surface area contributed by atoms with Crippen molar-refractivity contribution in [1.29, 1.82) is 0 Å². The second-order valence-electron chi connectivity index (χ2n) is 4.92. The van der Waals surface area contributed by atoms with E-state index in [0.717, 1.165) is 0 Å². The highest BCUT2D eigenvalue weighted by Crippen LogP contribution is 2.50. The third-order valence-corrected chi connectivity index (χ3v) is 5.61. The van der Waals surface area contributed by atoms with Gasteiger partial charge in [0, 0.05) is 19.2 Å². The average molecular weight is 378 g/mol. The van der Waals surface area contributed by atoms with Gasteiger partial charge >= 0.3 is 12.3 Å². The van der Waals surface area contributed by atoms with Crippen molar-refractivity contribution in [2.75, 3.05) is 27.1 Å². The molecule has 0 aromatic heterocycles. The van der Waals surface area contributed by atoms with Gasteiger partial charge in [-0.05, 0) is 25.7 Å². The molecular weight excluding hydrogens is 359 g/mol. The molecule has 9 nitrogen and oxygen atoms in total. The average Bonchev–Trinajstić information content (AvgIpc) is 2.93. The zero-order chi connectivity index (χ0) is 17.7. The Hall–Kier alpha value is -1.45. The maximum atomic E-state index is 11.3. The lowest BCUT2D eigenvalue weighted by Crippen LogP contribution is -2.30. The summed E-state index contributed by atoms with van der Waals surface area (Å²) in [5.74, 6) is 0.621. The third kappa shape index (κ3) is 4.55. The van der Waals surface area contributed by atoms with Crippen LogP contribution in [0.5, 0.6) is 17.2 Å². The summed E-state index contributed by atoms with van der Waals surface area (Å²) in [6.45, 7) is 1.28. The summed E-state index contributed by atoms with van der Waals surface area (Å²) in [6.07, 6.45) is 0. The fourth-order valence-electron chi connectivity index (χ4n) is 2.07. The van der Waals surface area contributed by atoms with Gasteiger partial charge < -0.3 is 23.3 Å². The van der Waals surface area contributed by atoms with E-state index in [1.807, 2.05) is 6.92 Å². The number of nitro groups is 1. The van der Waals surface area contributed by atoms with Gasteiger partial charge in [-0.3, -0.25) is 10.1 Å². The van der Waals surface area contributed by atoms with Crippen molar-refractivity contribution in [3.63, 3.8) is 0 Å². The molecule has 0 saturated heterocycles. The Kier molecular flexibility index (Phi) is 6.36. The van der Waals surface area contributed by atoms with E-state index in [1.165, 1.54) is 12.1 Å². The molecule has 0 spiro atoms. The smallest absolute Gasteiger partial charge is 0.315 e. The quantitative estimate of drug-likeness (QED) is 0.395. The highest BCUT2D eigenvalue weighted by molar-refractivity contribution is 8.09. The summed E-state index contributed by atoms with van der Waals surface area (Å²) in [6, 6.07) is 2.49. The first-order chi connectivity index (χ1) is 11.4. The molecule has 1 heterocycles. The molecule has 0 radical (unpaired) electrons. The predicted octanol–water partition coefficient (Wildman–Crippen LogP) is 2.59. The second kappa shape index (κ2) is 8.09. The van der Waals surface area contributed by atoms with Crippen LogP contribution in [-0.4, -0.2) is 38.1 Å². The Morgan fingerprint density at radius 2 is 2.12 bits per heavy atom. The van der Waals surface area contributed by atoms with E-state index in [2.05, 4.69) is 5.09 Å². The van der Waals surface area contributed by atoms with Gasteiger partial charge in [0.1, 0.15) is 0 Å². The Labute approximate surface area is 144 Å². The number of hydrogen-bond acceptors (Lipinski definition) is 8. The van der Waals surface area contributed by atoms with Crippen LogP contribution in [0.15, 0.2) is 12.1 Å². The van der Waals surface area contributed by atoms with Crippen molar-refractivity contribution in [2.24, 2.45) is 0 Å². The molecule has 1 aliphatic rings. The summed E-state index contributed by atoms with van der Waals surface area (Å²) in [5.41, 5.74) is -0.269. The lowest BCUT2D eigenvalue weighted by atomic mass is 10.2. The maximum Gasteiger partial charge on any atom is 0.315 e. The molecule has 0 amide bonds. The molecule has 2 atom stereocenters. The Bertz CT molecular complexity index is 657. The Morgan fingerprint density at radius 3 is 2.71 bits per heavy atom. The minimum Gasteiger partial charge on any atom is -0.453 e. The highest BCUT2D eigenvalue weighted by atomic mass is 32.5. The van der Waals surface area contributed by atoms with Crippen molar-refractivity contribution in [1.82, 2.24) is 5.09 Å². The summed E-state index contributed by atoms with van der Waals surface area (Å²) < 4.78 is 26.7. The van der Waals surface area contributed by atoms with Gasteiger partial charge in [0.25, 0.3) is 0 Å². The van der Waals surface area contributed by atoms with Crippen molar-refractivity contribution in [2.45, 2.75) is 19.9 Å². The molecule has 2 unspecified atom stereocenters. The van der Waals surface area contributed by atoms with E-state index in [0.29, 0.717) is 24.7 Å². The normalized spacial score (nSPS) is 16.5. The number of benzene rings is 1. The first-order valence-corrected chi connectivity index (χ1v) is 9.81. The fourth-order valence-corrected chi connectivity index (χ4v) is 4.71. The standard InChI is InChI=1S/C13H19N2O7PS/c1-4-21-23(24,14-9(2)7-18-3)22-11-6-13-12(19-8-20-13)5-10(11)15(16)17/h5-6,9H,4,7-8H2,1-3H3,(H,14,24). The van der Waals surface area contributed by atoms with Crippen LogP contribution in [0.4, 0.5) is 5.69 Å². The van der Waals surface area contributed by atoms with Crippen LogP contribution in [0.2, 0.25) is 0 Å². The molecule has 1 aromatic carbocycles. The van der Waals surface area contributed by atoms with Crippen molar-refractivity contribution < 1.29 is 28.2 Å². The zero-order valence-electron chi connectivity index (χ0n) is 13.5. The van der Waals surface area contributed by atoms with Crippen LogP contribution in [0.25, 0.3) is 0 Å². The van der Waals surface area contributed by atoms with Crippen molar-refractivity contribution in [3.05, 3.63) is 22.2 Å². The first-order valence-electron chi connectivity index (χ1n) is 7.17. The Morgan fingerprint density at radius 1 is 1.46 bits per heavy atom. The molecule has 0 bridgehead atoms. The second-order valence-corrected chi connectivity index (χ2v) is 8.06.